The van der Waals surface area contributed by atoms with E-state index in [1.165, 1.54) is 0 Å². The number of nitrogens with zero attached hydrogens (tertiary/aromatic N) is 7. The molecule has 1 fully saturated rings. The lowest BCUT2D eigenvalue weighted by Gasteiger charge is -2.36. The molecule has 3 rings (SSSR count). The summed E-state index contributed by atoms with van der Waals surface area (Å²) in [6, 6.07) is 1.92. The van der Waals surface area contributed by atoms with Crippen molar-refractivity contribution in [3.05, 3.63) is 29.1 Å². The molecule has 2 aromatic rings. The van der Waals surface area contributed by atoms with E-state index in [2.05, 4.69) is 51.1 Å². The van der Waals surface area contributed by atoms with Gasteiger partial charge in [-0.05, 0) is 22.0 Å². The van der Waals surface area contributed by atoms with E-state index in [4.69, 9.17) is 4.74 Å². The Labute approximate surface area is 184 Å². The Bertz CT molecular complexity index is 734. The zero-order valence-corrected chi connectivity index (χ0v) is 19.3. The molecule has 1 aliphatic rings. The van der Waals surface area contributed by atoms with Crippen LogP contribution in [0, 0.1) is 0 Å². The maximum Gasteiger partial charge on any atom is 0.232 e. The number of hydrogen-bond donors (Lipinski definition) is 1. The molecule has 11 heteroatoms. The van der Waals surface area contributed by atoms with E-state index in [9.17, 15) is 0 Å². The summed E-state index contributed by atoms with van der Waals surface area (Å²) in [5.74, 6) is 2.14. The van der Waals surface area contributed by atoms with Crippen LogP contribution in [0.4, 0.5) is 5.95 Å². The average molecular weight is 551 g/mol. The molecule has 0 unspecified atom stereocenters. The Kier molecular flexibility index (Phi) is 8.54. The number of piperazine rings is 1. The van der Waals surface area contributed by atoms with E-state index in [1.807, 2.05) is 24.0 Å². The predicted octanol–water partition coefficient (Wildman–Crippen LogP) is 1.46. The number of aromatic nitrogens is 4. The summed E-state index contributed by atoms with van der Waals surface area (Å²) in [7, 11) is 3.42. The molecule has 0 aliphatic carbocycles. The Morgan fingerprint density at radius 2 is 2.11 bits per heavy atom. The van der Waals surface area contributed by atoms with Gasteiger partial charge in [0.2, 0.25) is 11.8 Å². The van der Waals surface area contributed by atoms with E-state index in [1.54, 1.807) is 19.5 Å². The third-order valence-electron chi connectivity index (χ3n) is 4.15. The fraction of sp³-hybridized carbons (Fsp3) is 0.500. The quantitative estimate of drug-likeness (QED) is 0.343. The highest BCUT2D eigenvalue weighted by molar-refractivity contribution is 14.0. The first kappa shape index (κ1) is 21.7. The van der Waals surface area contributed by atoms with E-state index in [0.717, 1.165) is 49.7 Å². The zero-order chi connectivity index (χ0) is 18.4. The Morgan fingerprint density at radius 3 is 2.74 bits per heavy atom. The van der Waals surface area contributed by atoms with Crippen LogP contribution in [0.3, 0.4) is 0 Å². The number of hydrogen-bond acceptors (Lipinski definition) is 6. The third-order valence-corrected chi connectivity index (χ3v) is 4.69. The van der Waals surface area contributed by atoms with E-state index >= 15 is 0 Å². The number of anilines is 1. The minimum absolute atomic E-state index is 0. The van der Waals surface area contributed by atoms with Gasteiger partial charge < -0.3 is 19.9 Å². The minimum atomic E-state index is 0. The zero-order valence-electron chi connectivity index (χ0n) is 15.4. The van der Waals surface area contributed by atoms with Gasteiger partial charge >= 0.3 is 0 Å². The summed E-state index contributed by atoms with van der Waals surface area (Å²) < 4.78 is 7.91. The number of aliphatic imine (C=N–C) groups is 1. The van der Waals surface area contributed by atoms with Crippen LogP contribution >= 0.6 is 39.9 Å². The van der Waals surface area contributed by atoms with E-state index in [0.29, 0.717) is 11.8 Å². The fourth-order valence-electron chi connectivity index (χ4n) is 2.80. The summed E-state index contributed by atoms with van der Waals surface area (Å²) >= 11 is 3.38. The van der Waals surface area contributed by atoms with Crippen LogP contribution in [0.1, 0.15) is 0 Å². The molecule has 0 radical (unpaired) electrons. The number of rotatable bonds is 5. The van der Waals surface area contributed by atoms with Gasteiger partial charge in [0.1, 0.15) is 0 Å². The molecule has 1 N–H and O–H groups in total. The number of methoxy groups -OCH3 is 1. The molecule has 27 heavy (non-hydrogen) atoms. The van der Waals surface area contributed by atoms with Crippen molar-refractivity contribution in [3.63, 3.8) is 0 Å². The summed E-state index contributed by atoms with van der Waals surface area (Å²) in [5, 5.41) is 7.60. The highest BCUT2D eigenvalue weighted by Crippen LogP contribution is 2.23. The van der Waals surface area contributed by atoms with Gasteiger partial charge in [0.15, 0.2) is 5.96 Å². The number of halogens is 2. The molecule has 1 saturated heterocycles. The van der Waals surface area contributed by atoms with Crippen molar-refractivity contribution in [2.24, 2.45) is 4.99 Å². The Balaban J connectivity index is 0.00000261. The van der Waals surface area contributed by atoms with Crippen LogP contribution in [-0.4, -0.2) is 77.5 Å². The lowest BCUT2D eigenvalue weighted by molar-refractivity contribution is 0.365. The van der Waals surface area contributed by atoms with Gasteiger partial charge in [-0.2, -0.15) is 10.1 Å². The van der Waals surface area contributed by atoms with Crippen LogP contribution in [0.15, 0.2) is 34.1 Å². The standard InChI is InChI=1S/C16H23BrN8O.HI/c1-18-15(19-5-7-25-6-3-4-21-25)23-8-10-24(11-9-23)16-20-12-13(17)14(22-16)26-2;/h3-4,6,12H,5,7-11H2,1-2H3,(H,18,19);1H. The second-order valence-corrected chi connectivity index (χ2v) is 6.60. The molecule has 2 aromatic heterocycles. The van der Waals surface area contributed by atoms with Crippen molar-refractivity contribution in [1.82, 2.24) is 30.0 Å². The number of guanidine groups is 1. The highest BCUT2D eigenvalue weighted by atomic mass is 127. The van der Waals surface area contributed by atoms with Gasteiger partial charge in [0.25, 0.3) is 0 Å². The first-order valence-corrected chi connectivity index (χ1v) is 9.25. The van der Waals surface area contributed by atoms with Crippen LogP contribution in [0.2, 0.25) is 0 Å². The van der Waals surface area contributed by atoms with Gasteiger partial charge in [-0.15, -0.1) is 24.0 Å². The van der Waals surface area contributed by atoms with Crippen molar-refractivity contribution in [1.29, 1.82) is 0 Å². The molecule has 9 nitrogen and oxygen atoms in total. The Hall–Kier alpha value is -1.63. The minimum Gasteiger partial charge on any atom is -0.480 e. The molecular weight excluding hydrogens is 527 g/mol. The van der Waals surface area contributed by atoms with Gasteiger partial charge in [0, 0.05) is 52.2 Å². The number of nitrogens with one attached hydrogen (secondary N) is 1. The molecule has 148 valence electrons. The van der Waals surface area contributed by atoms with Gasteiger partial charge in [-0.3, -0.25) is 9.67 Å². The molecule has 0 amide bonds. The van der Waals surface area contributed by atoms with Gasteiger partial charge in [-0.1, -0.05) is 0 Å². The number of ether oxygens (including phenoxy) is 1. The normalized spacial score (nSPS) is 14.7. The molecule has 0 bridgehead atoms. The molecule has 1 aliphatic heterocycles. The summed E-state index contributed by atoms with van der Waals surface area (Å²) in [6.45, 7) is 4.93. The Morgan fingerprint density at radius 1 is 1.33 bits per heavy atom. The third kappa shape index (κ3) is 5.67. The summed E-state index contributed by atoms with van der Waals surface area (Å²) in [4.78, 5) is 17.6. The van der Waals surface area contributed by atoms with Crippen molar-refractivity contribution < 1.29 is 4.74 Å². The maximum atomic E-state index is 5.26. The SMILES string of the molecule is CN=C(NCCn1cccn1)N1CCN(c2ncc(Br)c(OC)n2)CC1.I. The van der Waals surface area contributed by atoms with Crippen LogP contribution in [0.5, 0.6) is 5.88 Å². The van der Waals surface area contributed by atoms with Crippen LogP contribution in [-0.2, 0) is 6.54 Å². The molecule has 0 spiro atoms. The van der Waals surface area contributed by atoms with E-state index in [-0.39, 0.29) is 24.0 Å². The molecule has 3 heterocycles. The van der Waals surface area contributed by atoms with Gasteiger partial charge in [-0.25, -0.2) is 4.98 Å². The molecule has 0 atom stereocenters. The first-order chi connectivity index (χ1) is 12.7. The van der Waals surface area contributed by atoms with Crippen molar-refractivity contribution in [3.8, 4) is 5.88 Å². The molecule has 0 saturated carbocycles. The highest BCUT2D eigenvalue weighted by Gasteiger charge is 2.22. The lowest BCUT2D eigenvalue weighted by atomic mass is 10.3. The van der Waals surface area contributed by atoms with Crippen LogP contribution in [0.25, 0.3) is 0 Å². The smallest absolute Gasteiger partial charge is 0.232 e. The van der Waals surface area contributed by atoms with E-state index < -0.39 is 0 Å². The predicted molar refractivity (Wildman–Crippen MR) is 119 cm³/mol. The van der Waals surface area contributed by atoms with Crippen molar-refractivity contribution >= 4 is 51.8 Å². The first-order valence-electron chi connectivity index (χ1n) is 8.45. The summed E-state index contributed by atoms with van der Waals surface area (Å²) in [6.07, 6.45) is 5.46. The van der Waals surface area contributed by atoms with Crippen molar-refractivity contribution in [2.75, 3.05) is 51.8 Å². The van der Waals surface area contributed by atoms with Crippen molar-refractivity contribution in [2.45, 2.75) is 6.54 Å². The monoisotopic (exact) mass is 550 g/mol. The largest absolute Gasteiger partial charge is 0.480 e. The molecular formula is C16H24BrIN8O. The average Bonchev–Trinajstić information content (AvgIpc) is 3.19. The second kappa shape index (κ2) is 10.6. The summed E-state index contributed by atoms with van der Waals surface area (Å²) in [5.41, 5.74) is 0. The molecule has 0 aromatic carbocycles. The maximum absolute atomic E-state index is 5.26. The topological polar surface area (TPSA) is 83.7 Å². The fourth-order valence-corrected chi connectivity index (χ4v) is 3.16. The second-order valence-electron chi connectivity index (χ2n) is 5.74. The van der Waals surface area contributed by atoms with Crippen LogP contribution < -0.4 is 15.0 Å². The lowest BCUT2D eigenvalue weighted by Crippen LogP contribution is -2.53. The van der Waals surface area contributed by atoms with Gasteiger partial charge in [0.05, 0.1) is 24.3 Å².